The quantitative estimate of drug-likeness (QED) is 0.819. The van der Waals surface area contributed by atoms with Crippen molar-refractivity contribution in [2.24, 2.45) is 0 Å². The molecule has 1 N–H and O–H groups in total. The molecule has 0 saturated heterocycles. The van der Waals surface area contributed by atoms with E-state index in [-0.39, 0.29) is 6.10 Å². The van der Waals surface area contributed by atoms with E-state index >= 15 is 0 Å². The molecule has 3 nitrogen and oxygen atoms in total. The molecule has 0 spiro atoms. The van der Waals surface area contributed by atoms with Crippen molar-refractivity contribution in [3.05, 3.63) is 28.5 Å². The third kappa shape index (κ3) is 1.82. The molecule has 0 amide bonds. The van der Waals surface area contributed by atoms with Crippen molar-refractivity contribution in [1.82, 2.24) is 4.98 Å². The SMILES string of the molecule is N#CC1(c2cc(Cl)nc(C3CC3)c2)CC(O)C1. The Labute approximate surface area is 105 Å². The molecule has 1 aromatic rings. The van der Waals surface area contributed by atoms with Gasteiger partial charge in [-0.1, -0.05) is 11.6 Å². The fourth-order valence-corrected chi connectivity index (χ4v) is 2.73. The predicted molar refractivity (Wildman–Crippen MR) is 63.8 cm³/mol. The number of pyridine rings is 1. The normalized spacial score (nSPS) is 31.7. The monoisotopic (exact) mass is 248 g/mol. The van der Waals surface area contributed by atoms with E-state index in [2.05, 4.69) is 11.1 Å². The summed E-state index contributed by atoms with van der Waals surface area (Å²) in [6.45, 7) is 0. The molecule has 1 aromatic heterocycles. The maximum absolute atomic E-state index is 9.44. The van der Waals surface area contributed by atoms with E-state index in [1.54, 1.807) is 6.07 Å². The fourth-order valence-electron chi connectivity index (χ4n) is 2.52. The lowest BCUT2D eigenvalue weighted by atomic mass is 9.64. The van der Waals surface area contributed by atoms with Gasteiger partial charge in [-0.3, -0.25) is 0 Å². The summed E-state index contributed by atoms with van der Waals surface area (Å²) in [4.78, 5) is 4.31. The van der Waals surface area contributed by atoms with Gasteiger partial charge in [-0.05, 0) is 43.4 Å². The number of aliphatic hydroxyl groups is 1. The van der Waals surface area contributed by atoms with Gasteiger partial charge >= 0.3 is 0 Å². The van der Waals surface area contributed by atoms with Gasteiger partial charge in [0.1, 0.15) is 5.15 Å². The number of rotatable bonds is 2. The Morgan fingerprint density at radius 1 is 1.41 bits per heavy atom. The van der Waals surface area contributed by atoms with Crippen LogP contribution in [0.4, 0.5) is 0 Å². The molecule has 0 atom stereocenters. The lowest BCUT2D eigenvalue weighted by Gasteiger charge is -2.40. The number of nitrogens with zero attached hydrogens (tertiary/aromatic N) is 2. The summed E-state index contributed by atoms with van der Waals surface area (Å²) < 4.78 is 0. The van der Waals surface area contributed by atoms with E-state index in [1.807, 2.05) is 6.07 Å². The van der Waals surface area contributed by atoms with Crippen LogP contribution >= 0.6 is 11.6 Å². The average molecular weight is 249 g/mol. The van der Waals surface area contributed by atoms with Crippen molar-refractivity contribution >= 4 is 11.6 Å². The summed E-state index contributed by atoms with van der Waals surface area (Å²) in [5.41, 5.74) is 1.38. The molecule has 0 radical (unpaired) electrons. The molecular formula is C13H13ClN2O. The van der Waals surface area contributed by atoms with Crippen LogP contribution in [-0.4, -0.2) is 16.2 Å². The maximum atomic E-state index is 9.44. The van der Waals surface area contributed by atoms with Gasteiger partial charge in [-0.15, -0.1) is 0 Å². The van der Waals surface area contributed by atoms with Crippen molar-refractivity contribution in [3.8, 4) is 6.07 Å². The van der Waals surface area contributed by atoms with Crippen LogP contribution in [0.5, 0.6) is 0 Å². The van der Waals surface area contributed by atoms with Crippen LogP contribution in [0.15, 0.2) is 12.1 Å². The van der Waals surface area contributed by atoms with Crippen LogP contribution in [0.2, 0.25) is 5.15 Å². The van der Waals surface area contributed by atoms with Gasteiger partial charge in [0.15, 0.2) is 0 Å². The van der Waals surface area contributed by atoms with E-state index in [4.69, 9.17) is 11.6 Å². The average Bonchev–Trinajstić information content (AvgIpc) is 3.07. The Balaban J connectivity index is 1.99. The minimum atomic E-state index is -0.546. The second-order valence-electron chi connectivity index (χ2n) is 5.13. The van der Waals surface area contributed by atoms with Gasteiger partial charge in [0.2, 0.25) is 0 Å². The van der Waals surface area contributed by atoms with E-state index in [9.17, 15) is 10.4 Å². The third-order valence-electron chi connectivity index (χ3n) is 3.74. The Kier molecular flexibility index (Phi) is 2.39. The molecule has 3 rings (SSSR count). The molecule has 2 saturated carbocycles. The fraction of sp³-hybridized carbons (Fsp3) is 0.538. The zero-order chi connectivity index (χ0) is 12.0. The molecule has 2 aliphatic carbocycles. The Bertz CT molecular complexity index is 499. The number of nitriles is 1. The number of hydrogen-bond acceptors (Lipinski definition) is 3. The topological polar surface area (TPSA) is 56.9 Å². The van der Waals surface area contributed by atoms with Gasteiger partial charge < -0.3 is 5.11 Å². The van der Waals surface area contributed by atoms with Gasteiger partial charge in [0, 0.05) is 11.6 Å². The lowest BCUT2D eigenvalue weighted by Crippen LogP contribution is -2.43. The van der Waals surface area contributed by atoms with Crippen LogP contribution in [-0.2, 0) is 5.41 Å². The summed E-state index contributed by atoms with van der Waals surface area (Å²) in [7, 11) is 0. The molecule has 88 valence electrons. The second-order valence-corrected chi connectivity index (χ2v) is 5.52. The molecule has 17 heavy (non-hydrogen) atoms. The van der Waals surface area contributed by atoms with Crippen molar-refractivity contribution in [1.29, 1.82) is 5.26 Å². The van der Waals surface area contributed by atoms with Crippen LogP contribution in [0.3, 0.4) is 0 Å². The molecule has 0 aliphatic heterocycles. The van der Waals surface area contributed by atoms with Crippen LogP contribution in [0, 0.1) is 11.3 Å². The lowest BCUT2D eigenvalue weighted by molar-refractivity contribution is 0.0447. The summed E-state index contributed by atoms with van der Waals surface area (Å²) in [5.74, 6) is 0.521. The zero-order valence-corrected chi connectivity index (χ0v) is 10.1. The van der Waals surface area contributed by atoms with Crippen molar-refractivity contribution in [2.75, 3.05) is 0 Å². The predicted octanol–water partition coefficient (Wildman–Crippen LogP) is 2.53. The van der Waals surface area contributed by atoms with Crippen molar-refractivity contribution < 1.29 is 5.11 Å². The van der Waals surface area contributed by atoms with E-state index in [0.717, 1.165) is 24.1 Å². The minimum Gasteiger partial charge on any atom is -0.393 e. The van der Waals surface area contributed by atoms with Crippen molar-refractivity contribution in [3.63, 3.8) is 0 Å². The maximum Gasteiger partial charge on any atom is 0.129 e. The minimum absolute atomic E-state index is 0.356. The first-order chi connectivity index (χ1) is 8.13. The first-order valence-electron chi connectivity index (χ1n) is 5.90. The third-order valence-corrected chi connectivity index (χ3v) is 3.94. The van der Waals surface area contributed by atoms with Gasteiger partial charge in [0.25, 0.3) is 0 Å². The number of aliphatic hydroxyl groups excluding tert-OH is 1. The highest BCUT2D eigenvalue weighted by Crippen LogP contribution is 2.46. The highest BCUT2D eigenvalue weighted by Gasteiger charge is 2.46. The van der Waals surface area contributed by atoms with Gasteiger partial charge in [0.05, 0.1) is 17.6 Å². The summed E-state index contributed by atoms with van der Waals surface area (Å²) in [6.07, 6.45) is 2.98. The van der Waals surface area contributed by atoms with Crippen LogP contribution in [0.25, 0.3) is 0 Å². The molecule has 4 heteroatoms. The smallest absolute Gasteiger partial charge is 0.129 e. The zero-order valence-electron chi connectivity index (χ0n) is 9.36. The second kappa shape index (κ2) is 3.69. The molecule has 0 unspecified atom stereocenters. The molecule has 0 bridgehead atoms. The van der Waals surface area contributed by atoms with E-state index in [0.29, 0.717) is 23.9 Å². The Hall–Kier alpha value is -1.11. The number of halogens is 1. The highest BCUT2D eigenvalue weighted by atomic mass is 35.5. The number of hydrogen-bond donors (Lipinski definition) is 1. The largest absolute Gasteiger partial charge is 0.393 e. The van der Waals surface area contributed by atoms with Gasteiger partial charge in [-0.2, -0.15) is 5.26 Å². The molecule has 0 aromatic carbocycles. The van der Waals surface area contributed by atoms with E-state index < -0.39 is 5.41 Å². The number of aromatic nitrogens is 1. The van der Waals surface area contributed by atoms with Crippen LogP contribution in [0.1, 0.15) is 42.9 Å². The standard InChI is InChI=1S/C13H13ClN2O/c14-12-4-9(3-11(16-12)8-1-2-8)13(7-15)5-10(17)6-13/h3-4,8,10,17H,1-2,5-6H2. The van der Waals surface area contributed by atoms with Crippen LogP contribution < -0.4 is 0 Å². The molecule has 2 aliphatic rings. The molecular weight excluding hydrogens is 236 g/mol. The van der Waals surface area contributed by atoms with Crippen molar-refractivity contribution in [2.45, 2.75) is 43.1 Å². The Morgan fingerprint density at radius 3 is 2.65 bits per heavy atom. The Morgan fingerprint density at radius 2 is 2.12 bits per heavy atom. The summed E-state index contributed by atoms with van der Waals surface area (Å²) >= 11 is 6.02. The van der Waals surface area contributed by atoms with E-state index in [1.165, 1.54) is 0 Å². The molecule has 2 fully saturated rings. The summed E-state index contributed by atoms with van der Waals surface area (Å²) in [5, 5.41) is 19.2. The first-order valence-corrected chi connectivity index (χ1v) is 6.28. The van der Waals surface area contributed by atoms with Gasteiger partial charge in [-0.25, -0.2) is 4.98 Å². The molecule has 1 heterocycles. The summed E-state index contributed by atoms with van der Waals surface area (Å²) in [6, 6.07) is 6.09. The first kappa shape index (κ1) is 11.0. The highest BCUT2D eigenvalue weighted by molar-refractivity contribution is 6.29.